The van der Waals surface area contributed by atoms with Crippen LogP contribution in [0.5, 0.6) is 5.75 Å². The van der Waals surface area contributed by atoms with Crippen molar-refractivity contribution in [3.8, 4) is 5.75 Å². The predicted octanol–water partition coefficient (Wildman–Crippen LogP) is 2.03. The number of rotatable bonds is 4. The van der Waals surface area contributed by atoms with E-state index in [1.807, 2.05) is 0 Å². The second-order valence-corrected chi connectivity index (χ2v) is 3.86. The van der Waals surface area contributed by atoms with Crippen LogP contribution in [0.15, 0.2) is 41.7 Å². The molecule has 0 saturated carbocycles. The van der Waals surface area contributed by atoms with Gasteiger partial charge in [0.25, 0.3) is 0 Å². The van der Waals surface area contributed by atoms with Gasteiger partial charge in [0.1, 0.15) is 18.1 Å². The highest BCUT2D eigenvalue weighted by atomic mass is 19.1. The van der Waals surface area contributed by atoms with Gasteiger partial charge in [0, 0.05) is 17.8 Å². The van der Waals surface area contributed by atoms with E-state index in [4.69, 9.17) is 15.7 Å². The van der Waals surface area contributed by atoms with Gasteiger partial charge in [-0.05, 0) is 18.2 Å². The molecule has 20 heavy (non-hydrogen) atoms. The van der Waals surface area contributed by atoms with Crippen molar-refractivity contribution < 1.29 is 18.7 Å². The van der Waals surface area contributed by atoms with Gasteiger partial charge in [0.15, 0.2) is 17.4 Å². The van der Waals surface area contributed by atoms with Crippen LogP contribution in [0.2, 0.25) is 0 Å². The molecule has 0 spiro atoms. The maximum atomic E-state index is 13.4. The molecule has 0 aliphatic carbocycles. The fourth-order valence-corrected chi connectivity index (χ4v) is 1.58. The number of halogens is 2. The molecule has 7 heteroatoms. The standard InChI is InChI=1S/C13H11F2N3O2/c14-9-3-4-11(10(15)6-9)20-7-8-2-1-5-17-12(8)13(16)18-19/h1-6,19H,7H2,(H2,16,18). The van der Waals surface area contributed by atoms with Gasteiger partial charge in [-0.1, -0.05) is 11.2 Å². The molecule has 0 aliphatic heterocycles. The van der Waals surface area contributed by atoms with Gasteiger partial charge in [-0.2, -0.15) is 0 Å². The first-order chi connectivity index (χ1) is 9.61. The minimum absolute atomic E-state index is 0.0536. The number of nitrogens with zero attached hydrogens (tertiary/aromatic N) is 2. The molecule has 0 aliphatic rings. The molecule has 0 radical (unpaired) electrons. The molecule has 104 valence electrons. The molecule has 3 N–H and O–H groups in total. The van der Waals surface area contributed by atoms with E-state index in [0.29, 0.717) is 5.56 Å². The highest BCUT2D eigenvalue weighted by molar-refractivity contribution is 5.96. The van der Waals surface area contributed by atoms with Gasteiger partial charge < -0.3 is 15.7 Å². The lowest BCUT2D eigenvalue weighted by molar-refractivity contribution is 0.288. The molecule has 2 aromatic rings. The van der Waals surface area contributed by atoms with E-state index in [9.17, 15) is 8.78 Å². The Labute approximate surface area is 113 Å². The van der Waals surface area contributed by atoms with Crippen molar-refractivity contribution in [3.63, 3.8) is 0 Å². The fraction of sp³-hybridized carbons (Fsp3) is 0.0769. The van der Waals surface area contributed by atoms with E-state index in [1.54, 1.807) is 12.1 Å². The molecule has 5 nitrogen and oxygen atoms in total. The zero-order valence-electron chi connectivity index (χ0n) is 10.3. The maximum Gasteiger partial charge on any atom is 0.189 e. The Bertz CT molecular complexity index is 647. The molecule has 0 amide bonds. The maximum absolute atomic E-state index is 13.4. The summed E-state index contributed by atoms with van der Waals surface area (Å²) in [5.74, 6) is -1.77. The number of hydrogen-bond donors (Lipinski definition) is 2. The lowest BCUT2D eigenvalue weighted by atomic mass is 10.2. The van der Waals surface area contributed by atoms with Crippen molar-refractivity contribution in [2.45, 2.75) is 6.61 Å². The first-order valence-corrected chi connectivity index (χ1v) is 5.61. The molecule has 0 atom stereocenters. The van der Waals surface area contributed by atoms with E-state index >= 15 is 0 Å². The van der Waals surface area contributed by atoms with Crippen molar-refractivity contribution in [1.82, 2.24) is 4.98 Å². The minimum atomic E-state index is -0.806. The molecule has 1 aromatic heterocycles. The van der Waals surface area contributed by atoms with Crippen LogP contribution >= 0.6 is 0 Å². The Hall–Kier alpha value is -2.70. The van der Waals surface area contributed by atoms with E-state index < -0.39 is 11.6 Å². The number of hydrogen-bond acceptors (Lipinski definition) is 4. The van der Waals surface area contributed by atoms with E-state index in [0.717, 1.165) is 12.1 Å². The van der Waals surface area contributed by atoms with Crippen LogP contribution < -0.4 is 10.5 Å². The summed E-state index contributed by atoms with van der Waals surface area (Å²) in [4.78, 5) is 3.95. The Balaban J connectivity index is 2.19. The Kier molecular flexibility index (Phi) is 4.09. The summed E-state index contributed by atoms with van der Waals surface area (Å²) in [6.45, 7) is -0.0536. The van der Waals surface area contributed by atoms with Crippen LogP contribution in [-0.2, 0) is 6.61 Å². The van der Waals surface area contributed by atoms with Crippen LogP contribution in [0, 0.1) is 11.6 Å². The average molecular weight is 279 g/mol. The smallest absolute Gasteiger partial charge is 0.189 e. The van der Waals surface area contributed by atoms with Gasteiger partial charge in [-0.3, -0.25) is 4.98 Å². The highest BCUT2D eigenvalue weighted by Gasteiger charge is 2.10. The monoisotopic (exact) mass is 279 g/mol. The molecule has 0 unspecified atom stereocenters. The highest BCUT2D eigenvalue weighted by Crippen LogP contribution is 2.19. The zero-order chi connectivity index (χ0) is 14.5. The van der Waals surface area contributed by atoms with Crippen molar-refractivity contribution in [2.24, 2.45) is 10.9 Å². The molecular weight excluding hydrogens is 268 g/mol. The van der Waals surface area contributed by atoms with E-state index in [1.165, 1.54) is 12.3 Å². The Morgan fingerprint density at radius 1 is 1.35 bits per heavy atom. The molecule has 2 rings (SSSR count). The summed E-state index contributed by atoms with van der Waals surface area (Å²) < 4.78 is 31.4. The van der Waals surface area contributed by atoms with Crippen LogP contribution in [0.4, 0.5) is 8.78 Å². The summed E-state index contributed by atoms with van der Waals surface area (Å²) in [7, 11) is 0. The number of nitrogens with two attached hydrogens (primary N) is 1. The van der Waals surface area contributed by atoms with Gasteiger partial charge in [-0.15, -0.1) is 0 Å². The molecule has 0 bridgehead atoms. The molecular formula is C13H11F2N3O2. The molecule has 0 saturated heterocycles. The average Bonchev–Trinajstić information content (AvgIpc) is 2.46. The first-order valence-electron chi connectivity index (χ1n) is 5.61. The summed E-state index contributed by atoms with van der Waals surface area (Å²) in [6.07, 6.45) is 1.47. The third-order valence-corrected chi connectivity index (χ3v) is 2.52. The van der Waals surface area contributed by atoms with Gasteiger partial charge >= 0.3 is 0 Å². The number of amidine groups is 1. The number of oxime groups is 1. The van der Waals surface area contributed by atoms with Crippen molar-refractivity contribution in [1.29, 1.82) is 0 Å². The summed E-state index contributed by atoms with van der Waals surface area (Å²) in [5, 5.41) is 11.5. The Morgan fingerprint density at radius 2 is 2.15 bits per heavy atom. The first kappa shape index (κ1) is 13.7. The Morgan fingerprint density at radius 3 is 2.85 bits per heavy atom. The van der Waals surface area contributed by atoms with Crippen LogP contribution in [0.25, 0.3) is 0 Å². The molecule has 1 heterocycles. The quantitative estimate of drug-likeness (QED) is 0.388. The number of aromatic nitrogens is 1. The number of ether oxygens (including phenoxy) is 1. The third-order valence-electron chi connectivity index (χ3n) is 2.52. The van der Waals surface area contributed by atoms with Crippen molar-refractivity contribution in [3.05, 3.63) is 59.4 Å². The SMILES string of the molecule is NC(=NO)c1ncccc1COc1ccc(F)cc1F. The van der Waals surface area contributed by atoms with Crippen molar-refractivity contribution >= 4 is 5.84 Å². The van der Waals surface area contributed by atoms with Crippen LogP contribution in [0.3, 0.4) is 0 Å². The van der Waals surface area contributed by atoms with Gasteiger partial charge in [0.05, 0.1) is 0 Å². The minimum Gasteiger partial charge on any atom is -0.486 e. The van der Waals surface area contributed by atoms with E-state index in [-0.39, 0.29) is 23.9 Å². The summed E-state index contributed by atoms with van der Waals surface area (Å²) in [6, 6.07) is 6.27. The third kappa shape index (κ3) is 3.00. The summed E-state index contributed by atoms with van der Waals surface area (Å²) in [5.41, 5.74) is 6.21. The van der Waals surface area contributed by atoms with Gasteiger partial charge in [-0.25, -0.2) is 8.78 Å². The number of pyridine rings is 1. The predicted molar refractivity (Wildman–Crippen MR) is 67.4 cm³/mol. The van der Waals surface area contributed by atoms with E-state index in [2.05, 4.69) is 10.1 Å². The second-order valence-electron chi connectivity index (χ2n) is 3.86. The molecule has 0 fully saturated rings. The van der Waals surface area contributed by atoms with Crippen LogP contribution in [0.1, 0.15) is 11.3 Å². The lowest BCUT2D eigenvalue weighted by Crippen LogP contribution is -2.18. The van der Waals surface area contributed by atoms with Crippen molar-refractivity contribution in [2.75, 3.05) is 0 Å². The zero-order valence-corrected chi connectivity index (χ0v) is 10.3. The molecule has 1 aromatic carbocycles. The number of benzene rings is 1. The lowest BCUT2D eigenvalue weighted by Gasteiger charge is -2.10. The fourth-order valence-electron chi connectivity index (χ4n) is 1.58. The summed E-state index contributed by atoms with van der Waals surface area (Å²) >= 11 is 0. The topological polar surface area (TPSA) is 80.7 Å². The normalized spacial score (nSPS) is 11.4. The second kappa shape index (κ2) is 5.96. The largest absolute Gasteiger partial charge is 0.486 e. The van der Waals surface area contributed by atoms with Gasteiger partial charge in [0.2, 0.25) is 0 Å². The van der Waals surface area contributed by atoms with Crippen LogP contribution in [-0.4, -0.2) is 16.0 Å².